The van der Waals surface area contributed by atoms with Crippen molar-refractivity contribution in [3.05, 3.63) is 81.8 Å². The highest BCUT2D eigenvalue weighted by atomic mass is 35.5. The van der Waals surface area contributed by atoms with Crippen LogP contribution < -0.4 is 4.74 Å². The maximum absolute atomic E-state index is 6.03. The Labute approximate surface area is 161 Å². The number of hydrogen-bond acceptors (Lipinski definition) is 2. The molecule has 130 valence electrons. The van der Waals surface area contributed by atoms with Crippen molar-refractivity contribution in [3.8, 4) is 17.1 Å². The summed E-state index contributed by atoms with van der Waals surface area (Å²) < 4.78 is 5.82. The Morgan fingerprint density at radius 3 is 2.50 bits per heavy atom. The predicted molar refractivity (Wildman–Crippen MR) is 107 cm³/mol. The molecule has 1 heterocycles. The van der Waals surface area contributed by atoms with Crippen molar-refractivity contribution < 1.29 is 4.74 Å². The lowest BCUT2D eigenvalue weighted by atomic mass is 10.2. The van der Waals surface area contributed by atoms with Gasteiger partial charge in [0.1, 0.15) is 18.2 Å². The third kappa shape index (κ3) is 3.55. The molecular weight excluding hydrogens is 367 g/mol. The second-order valence-corrected chi connectivity index (χ2v) is 6.98. The number of nitrogens with one attached hydrogen (secondary N) is 1. The summed E-state index contributed by atoms with van der Waals surface area (Å²) in [5.74, 6) is 1.63. The standard InChI is InChI=1S/C21H16Cl2N2O/c1-13-2-9-19-20(10-13)25-21(24-19)15-4-6-16(7-5-15)26-12-14-3-8-17(22)18(23)11-14/h2-11H,12H2,1H3,(H,24,25). The molecule has 0 spiro atoms. The number of nitrogens with zero attached hydrogens (tertiary/aromatic N) is 1. The van der Waals surface area contributed by atoms with E-state index in [0.29, 0.717) is 16.7 Å². The molecule has 0 saturated heterocycles. The van der Waals surface area contributed by atoms with Crippen molar-refractivity contribution in [1.29, 1.82) is 0 Å². The van der Waals surface area contributed by atoms with Crippen LogP contribution in [0.15, 0.2) is 60.7 Å². The summed E-state index contributed by atoms with van der Waals surface area (Å²) in [5.41, 5.74) is 5.20. The highest BCUT2D eigenvalue weighted by molar-refractivity contribution is 6.42. The van der Waals surface area contributed by atoms with Crippen LogP contribution >= 0.6 is 23.2 Å². The summed E-state index contributed by atoms with van der Waals surface area (Å²) in [6.07, 6.45) is 0. The molecule has 5 heteroatoms. The molecule has 1 N–H and O–H groups in total. The van der Waals surface area contributed by atoms with E-state index in [1.165, 1.54) is 5.56 Å². The van der Waals surface area contributed by atoms with Crippen molar-refractivity contribution >= 4 is 34.2 Å². The van der Waals surface area contributed by atoms with Gasteiger partial charge in [-0.3, -0.25) is 0 Å². The van der Waals surface area contributed by atoms with Crippen LogP contribution in [0, 0.1) is 6.92 Å². The lowest BCUT2D eigenvalue weighted by Gasteiger charge is -2.07. The second-order valence-electron chi connectivity index (χ2n) is 6.17. The number of aryl methyl sites for hydroxylation is 1. The first-order valence-electron chi connectivity index (χ1n) is 8.22. The fraction of sp³-hybridized carbons (Fsp3) is 0.0952. The molecule has 0 unspecified atom stereocenters. The largest absolute Gasteiger partial charge is 0.489 e. The van der Waals surface area contributed by atoms with Crippen LogP contribution in [-0.4, -0.2) is 9.97 Å². The van der Waals surface area contributed by atoms with Crippen molar-refractivity contribution in [2.24, 2.45) is 0 Å². The zero-order valence-electron chi connectivity index (χ0n) is 14.1. The molecule has 3 aromatic carbocycles. The SMILES string of the molecule is Cc1ccc2nc(-c3ccc(OCc4ccc(Cl)c(Cl)c4)cc3)[nH]c2c1. The number of imidazole rings is 1. The fourth-order valence-electron chi connectivity index (χ4n) is 2.77. The molecule has 3 nitrogen and oxygen atoms in total. The molecule has 26 heavy (non-hydrogen) atoms. The van der Waals surface area contributed by atoms with E-state index in [4.69, 9.17) is 27.9 Å². The van der Waals surface area contributed by atoms with Crippen LogP contribution in [0.25, 0.3) is 22.4 Å². The number of rotatable bonds is 4. The van der Waals surface area contributed by atoms with E-state index in [0.717, 1.165) is 33.7 Å². The Bertz CT molecular complexity index is 1070. The number of aromatic nitrogens is 2. The zero-order valence-corrected chi connectivity index (χ0v) is 15.6. The van der Waals surface area contributed by atoms with E-state index in [-0.39, 0.29) is 0 Å². The van der Waals surface area contributed by atoms with Crippen LogP contribution in [0.4, 0.5) is 0 Å². The normalized spacial score (nSPS) is 11.0. The maximum Gasteiger partial charge on any atom is 0.138 e. The summed E-state index contributed by atoms with van der Waals surface area (Å²) >= 11 is 12.0. The van der Waals surface area contributed by atoms with E-state index in [2.05, 4.69) is 29.0 Å². The molecule has 0 aliphatic heterocycles. The summed E-state index contributed by atoms with van der Waals surface area (Å²) in [5, 5.41) is 1.07. The van der Waals surface area contributed by atoms with Gasteiger partial charge in [-0.05, 0) is 66.6 Å². The summed E-state index contributed by atoms with van der Waals surface area (Å²) in [7, 11) is 0. The number of aromatic amines is 1. The van der Waals surface area contributed by atoms with E-state index >= 15 is 0 Å². The molecular formula is C21H16Cl2N2O. The van der Waals surface area contributed by atoms with E-state index in [9.17, 15) is 0 Å². The Morgan fingerprint density at radius 2 is 1.73 bits per heavy atom. The number of H-pyrrole nitrogens is 1. The molecule has 1 aromatic heterocycles. The Balaban J connectivity index is 1.49. The van der Waals surface area contributed by atoms with Gasteiger partial charge in [0.2, 0.25) is 0 Å². The zero-order chi connectivity index (χ0) is 18.1. The quantitative estimate of drug-likeness (QED) is 0.441. The van der Waals surface area contributed by atoms with Crippen LogP contribution in [0.2, 0.25) is 10.0 Å². The smallest absolute Gasteiger partial charge is 0.138 e. The fourth-order valence-corrected chi connectivity index (χ4v) is 3.09. The lowest BCUT2D eigenvalue weighted by Crippen LogP contribution is -1.95. The van der Waals surface area contributed by atoms with Gasteiger partial charge in [0.05, 0.1) is 21.1 Å². The van der Waals surface area contributed by atoms with Crippen molar-refractivity contribution in [2.75, 3.05) is 0 Å². The summed E-state index contributed by atoms with van der Waals surface area (Å²) in [6.45, 7) is 2.50. The molecule has 0 saturated carbocycles. The Kier molecular flexibility index (Phi) is 4.58. The number of benzene rings is 3. The molecule has 0 bridgehead atoms. The first kappa shape index (κ1) is 17.0. The first-order valence-corrected chi connectivity index (χ1v) is 8.97. The third-order valence-corrected chi connectivity index (χ3v) is 4.89. The maximum atomic E-state index is 6.03. The van der Waals surface area contributed by atoms with Gasteiger partial charge in [0.15, 0.2) is 0 Å². The van der Waals surface area contributed by atoms with Crippen molar-refractivity contribution in [3.63, 3.8) is 0 Å². The molecule has 0 aliphatic carbocycles. The first-order chi connectivity index (χ1) is 12.6. The van der Waals surface area contributed by atoms with Gasteiger partial charge < -0.3 is 9.72 Å². The topological polar surface area (TPSA) is 37.9 Å². The van der Waals surface area contributed by atoms with Gasteiger partial charge in [-0.15, -0.1) is 0 Å². The Hall–Kier alpha value is -2.49. The van der Waals surface area contributed by atoms with Crippen molar-refractivity contribution in [2.45, 2.75) is 13.5 Å². The van der Waals surface area contributed by atoms with Gasteiger partial charge in [0.25, 0.3) is 0 Å². The monoisotopic (exact) mass is 382 g/mol. The summed E-state index contributed by atoms with van der Waals surface area (Å²) in [6, 6.07) is 19.5. The highest BCUT2D eigenvalue weighted by Crippen LogP contribution is 2.25. The number of halogens is 2. The number of fused-ring (bicyclic) bond motifs is 1. The summed E-state index contributed by atoms with van der Waals surface area (Å²) in [4.78, 5) is 8.00. The van der Waals surface area contributed by atoms with Crippen LogP contribution in [0.1, 0.15) is 11.1 Å². The van der Waals surface area contributed by atoms with Crippen LogP contribution in [0.3, 0.4) is 0 Å². The van der Waals surface area contributed by atoms with Gasteiger partial charge in [-0.25, -0.2) is 4.98 Å². The number of hydrogen-bond donors (Lipinski definition) is 1. The predicted octanol–water partition coefficient (Wildman–Crippen LogP) is 6.42. The molecule has 0 aliphatic rings. The highest BCUT2D eigenvalue weighted by Gasteiger charge is 2.06. The van der Waals surface area contributed by atoms with Crippen LogP contribution in [-0.2, 0) is 6.61 Å². The second kappa shape index (κ2) is 7.02. The third-order valence-electron chi connectivity index (χ3n) is 4.15. The van der Waals surface area contributed by atoms with E-state index < -0.39 is 0 Å². The minimum Gasteiger partial charge on any atom is -0.489 e. The molecule has 0 amide bonds. The van der Waals surface area contributed by atoms with E-state index in [1.54, 1.807) is 6.07 Å². The molecule has 0 radical (unpaired) electrons. The minimum atomic E-state index is 0.431. The minimum absolute atomic E-state index is 0.431. The molecule has 0 fully saturated rings. The van der Waals surface area contributed by atoms with E-state index in [1.807, 2.05) is 42.5 Å². The van der Waals surface area contributed by atoms with Crippen LogP contribution in [0.5, 0.6) is 5.75 Å². The average molecular weight is 383 g/mol. The molecule has 4 rings (SSSR count). The molecule has 0 atom stereocenters. The van der Waals surface area contributed by atoms with Gasteiger partial charge in [-0.2, -0.15) is 0 Å². The van der Waals surface area contributed by atoms with Gasteiger partial charge in [-0.1, -0.05) is 35.3 Å². The number of ether oxygens (including phenoxy) is 1. The van der Waals surface area contributed by atoms with Crippen molar-refractivity contribution in [1.82, 2.24) is 9.97 Å². The van der Waals surface area contributed by atoms with Gasteiger partial charge >= 0.3 is 0 Å². The Morgan fingerprint density at radius 1 is 0.923 bits per heavy atom. The lowest BCUT2D eigenvalue weighted by molar-refractivity contribution is 0.306. The molecule has 4 aromatic rings. The average Bonchev–Trinajstić information content (AvgIpc) is 3.06. The van der Waals surface area contributed by atoms with Gasteiger partial charge in [0, 0.05) is 5.56 Å².